The monoisotopic (exact) mass is 328 g/mol. The Bertz CT molecular complexity index is 914. The smallest absolute Gasteiger partial charge is 0.322 e. The topological polar surface area (TPSA) is 90.6 Å². The average molecular weight is 328 g/mol. The number of H-pyrrole nitrogens is 2. The van der Waals surface area contributed by atoms with Gasteiger partial charge in [-0.1, -0.05) is 13.8 Å². The van der Waals surface area contributed by atoms with Crippen LogP contribution in [0.2, 0.25) is 0 Å². The minimum Gasteiger partial charge on any atom is -0.322 e. The van der Waals surface area contributed by atoms with Crippen molar-refractivity contribution in [3.63, 3.8) is 0 Å². The Balaban J connectivity index is 1.87. The number of carbonyl (C=O) groups is 1. The van der Waals surface area contributed by atoms with E-state index in [1.807, 2.05) is 0 Å². The van der Waals surface area contributed by atoms with Gasteiger partial charge in [-0.3, -0.25) is 4.79 Å². The zero-order chi connectivity index (χ0) is 16.4. The fourth-order valence-electron chi connectivity index (χ4n) is 2.19. The van der Waals surface area contributed by atoms with E-state index in [9.17, 15) is 9.59 Å². The first-order valence-electron chi connectivity index (χ1n) is 7.18. The van der Waals surface area contributed by atoms with Gasteiger partial charge in [-0.25, -0.2) is 9.78 Å². The van der Waals surface area contributed by atoms with Gasteiger partial charge < -0.3 is 15.3 Å². The summed E-state index contributed by atoms with van der Waals surface area (Å²) in [5, 5.41) is 3.88. The molecule has 3 N–H and O–H groups in total. The molecule has 0 radical (unpaired) electrons. The van der Waals surface area contributed by atoms with Crippen molar-refractivity contribution in [1.29, 1.82) is 0 Å². The molecule has 6 nitrogen and oxygen atoms in total. The Morgan fingerprint density at radius 3 is 2.78 bits per heavy atom. The molecule has 118 valence electrons. The maximum Gasteiger partial charge on any atom is 0.323 e. The number of anilines is 1. The predicted octanol–water partition coefficient (Wildman–Crippen LogP) is 3.00. The number of aromatic nitrogens is 3. The van der Waals surface area contributed by atoms with E-state index < -0.39 is 0 Å². The number of imidazole rings is 1. The largest absolute Gasteiger partial charge is 0.323 e. The normalized spacial score (nSPS) is 11.1. The summed E-state index contributed by atoms with van der Waals surface area (Å²) < 4.78 is 0. The van der Waals surface area contributed by atoms with Crippen molar-refractivity contribution in [2.45, 2.75) is 24.1 Å². The molecule has 1 amide bonds. The van der Waals surface area contributed by atoms with Crippen LogP contribution in [0.15, 0.2) is 46.3 Å². The number of amides is 1. The number of hydrogen-bond acceptors (Lipinski definition) is 4. The molecule has 1 aromatic carbocycles. The Morgan fingerprint density at radius 1 is 1.22 bits per heavy atom. The van der Waals surface area contributed by atoms with Crippen LogP contribution in [-0.4, -0.2) is 26.1 Å². The number of nitrogens with one attached hydrogen (secondary N) is 3. The molecule has 2 aromatic heterocycles. The van der Waals surface area contributed by atoms with Crippen LogP contribution in [0.3, 0.4) is 0 Å². The summed E-state index contributed by atoms with van der Waals surface area (Å²) in [5.74, 6) is -0.224. The van der Waals surface area contributed by atoms with Crippen molar-refractivity contribution < 1.29 is 4.79 Å². The number of hydrogen-bond donors (Lipinski definition) is 3. The van der Waals surface area contributed by atoms with E-state index in [1.54, 1.807) is 48.3 Å². The third-order valence-electron chi connectivity index (χ3n) is 3.14. The second-order valence-electron chi connectivity index (χ2n) is 5.32. The summed E-state index contributed by atoms with van der Waals surface area (Å²) in [7, 11) is 0. The molecule has 7 heteroatoms. The Hall–Kier alpha value is -2.54. The van der Waals surface area contributed by atoms with Crippen molar-refractivity contribution in [2.75, 3.05) is 5.32 Å². The highest BCUT2D eigenvalue weighted by Gasteiger charge is 2.14. The average Bonchev–Trinajstić information content (AvgIpc) is 2.86. The lowest BCUT2D eigenvalue weighted by Crippen LogP contribution is -2.14. The summed E-state index contributed by atoms with van der Waals surface area (Å²) in [6.45, 7) is 4.11. The fourth-order valence-corrected chi connectivity index (χ4v) is 3.05. The quantitative estimate of drug-likeness (QED) is 0.642. The summed E-state index contributed by atoms with van der Waals surface area (Å²) in [4.78, 5) is 33.4. The molecule has 0 atom stereocenters. The van der Waals surface area contributed by atoms with E-state index in [2.05, 4.69) is 34.1 Å². The molecule has 0 aliphatic rings. The van der Waals surface area contributed by atoms with Gasteiger partial charge in [-0.05, 0) is 30.3 Å². The van der Waals surface area contributed by atoms with Crippen molar-refractivity contribution in [3.8, 4) is 0 Å². The van der Waals surface area contributed by atoms with Crippen LogP contribution >= 0.6 is 11.8 Å². The van der Waals surface area contributed by atoms with Gasteiger partial charge in [0.25, 0.3) is 5.91 Å². The van der Waals surface area contributed by atoms with Gasteiger partial charge in [0.15, 0.2) is 0 Å². The van der Waals surface area contributed by atoms with Crippen LogP contribution < -0.4 is 11.0 Å². The third kappa shape index (κ3) is 3.45. The van der Waals surface area contributed by atoms with Crippen molar-refractivity contribution in [1.82, 2.24) is 15.0 Å². The van der Waals surface area contributed by atoms with E-state index in [0.29, 0.717) is 32.6 Å². The second-order valence-corrected chi connectivity index (χ2v) is 6.88. The molecular formula is C16H16N4O2S. The number of aromatic amines is 2. The standard InChI is InChI=1S/C16H16N4O2S/c1-9(2)23-15-11(4-3-7-17-15)14(21)18-10-5-6-12-13(8-10)20-16(22)19-12/h3-9H,1-2H3,(H,18,21)(H2,19,20,22). The summed E-state index contributed by atoms with van der Waals surface area (Å²) in [6.07, 6.45) is 1.68. The first-order valence-corrected chi connectivity index (χ1v) is 8.06. The molecule has 23 heavy (non-hydrogen) atoms. The molecule has 3 rings (SSSR count). The zero-order valence-corrected chi connectivity index (χ0v) is 13.5. The minimum atomic E-state index is -0.272. The number of pyridine rings is 1. The van der Waals surface area contributed by atoms with Gasteiger partial charge in [0, 0.05) is 17.1 Å². The summed E-state index contributed by atoms with van der Waals surface area (Å²) >= 11 is 1.55. The number of benzene rings is 1. The molecule has 0 saturated carbocycles. The van der Waals surface area contributed by atoms with Crippen LogP contribution in [0.25, 0.3) is 11.0 Å². The lowest BCUT2D eigenvalue weighted by molar-refractivity contribution is 0.102. The number of fused-ring (bicyclic) bond motifs is 1. The molecule has 0 aliphatic heterocycles. The molecule has 2 heterocycles. The summed E-state index contributed by atoms with van der Waals surface area (Å²) in [5.41, 5.74) is 2.23. The number of carbonyl (C=O) groups excluding carboxylic acids is 1. The molecule has 0 saturated heterocycles. The van der Waals surface area contributed by atoms with E-state index >= 15 is 0 Å². The van der Waals surface area contributed by atoms with Crippen LogP contribution in [0.4, 0.5) is 5.69 Å². The van der Waals surface area contributed by atoms with Crippen LogP contribution in [0, 0.1) is 0 Å². The first kappa shape index (κ1) is 15.4. The van der Waals surface area contributed by atoms with E-state index in [0.717, 1.165) is 0 Å². The van der Waals surface area contributed by atoms with Gasteiger partial charge >= 0.3 is 5.69 Å². The number of rotatable bonds is 4. The molecule has 0 aliphatic carbocycles. The maximum absolute atomic E-state index is 12.5. The molecule has 0 unspecified atom stereocenters. The van der Waals surface area contributed by atoms with Crippen molar-refractivity contribution >= 4 is 34.4 Å². The van der Waals surface area contributed by atoms with Gasteiger partial charge in [-0.2, -0.15) is 0 Å². The third-order valence-corrected chi connectivity index (χ3v) is 4.16. The molecule has 3 aromatic rings. The molecular weight excluding hydrogens is 312 g/mol. The Labute approximate surface area is 136 Å². The van der Waals surface area contributed by atoms with Gasteiger partial charge in [0.1, 0.15) is 5.03 Å². The Kier molecular flexibility index (Phi) is 4.20. The van der Waals surface area contributed by atoms with Crippen LogP contribution in [-0.2, 0) is 0 Å². The lowest BCUT2D eigenvalue weighted by atomic mass is 10.2. The van der Waals surface area contributed by atoms with Crippen LogP contribution in [0.5, 0.6) is 0 Å². The van der Waals surface area contributed by atoms with Gasteiger partial charge in [0.05, 0.1) is 16.6 Å². The molecule has 0 spiro atoms. The van der Waals surface area contributed by atoms with Gasteiger partial charge in [-0.15, -0.1) is 11.8 Å². The fraction of sp³-hybridized carbons (Fsp3) is 0.188. The van der Waals surface area contributed by atoms with Crippen molar-refractivity contribution in [3.05, 3.63) is 52.6 Å². The lowest BCUT2D eigenvalue weighted by Gasteiger charge is -2.10. The SMILES string of the molecule is CC(C)Sc1ncccc1C(=O)Nc1ccc2[nH]c(=O)[nH]c2c1. The van der Waals surface area contributed by atoms with Crippen LogP contribution in [0.1, 0.15) is 24.2 Å². The van der Waals surface area contributed by atoms with E-state index in [1.165, 1.54) is 0 Å². The maximum atomic E-state index is 12.5. The first-order chi connectivity index (χ1) is 11.0. The molecule has 0 fully saturated rings. The van der Waals surface area contributed by atoms with Gasteiger partial charge in [0.2, 0.25) is 0 Å². The van der Waals surface area contributed by atoms with Crippen molar-refractivity contribution in [2.24, 2.45) is 0 Å². The second kappa shape index (κ2) is 6.29. The highest BCUT2D eigenvalue weighted by Crippen LogP contribution is 2.25. The highest BCUT2D eigenvalue weighted by molar-refractivity contribution is 7.99. The predicted molar refractivity (Wildman–Crippen MR) is 92.1 cm³/mol. The number of nitrogens with zero attached hydrogens (tertiary/aromatic N) is 1. The number of thioether (sulfide) groups is 1. The summed E-state index contributed by atoms with van der Waals surface area (Å²) in [6, 6.07) is 8.71. The Morgan fingerprint density at radius 2 is 2.00 bits per heavy atom. The minimum absolute atomic E-state index is 0.224. The van der Waals surface area contributed by atoms with E-state index in [4.69, 9.17) is 0 Å². The highest BCUT2D eigenvalue weighted by atomic mass is 32.2. The zero-order valence-electron chi connectivity index (χ0n) is 12.7. The molecule has 0 bridgehead atoms. The van der Waals surface area contributed by atoms with E-state index in [-0.39, 0.29) is 11.6 Å².